The Kier molecular flexibility index (Phi) is 8.58. The van der Waals surface area contributed by atoms with Gasteiger partial charge in [-0.1, -0.05) is 48.5 Å². The van der Waals surface area contributed by atoms with Crippen molar-refractivity contribution in [3.63, 3.8) is 0 Å². The van der Waals surface area contributed by atoms with E-state index in [2.05, 4.69) is 18.2 Å². The Bertz CT molecular complexity index is 1260. The van der Waals surface area contributed by atoms with Crippen LogP contribution in [0.1, 0.15) is 36.0 Å². The summed E-state index contributed by atoms with van der Waals surface area (Å²) >= 11 is 0. The topological polar surface area (TPSA) is 79.6 Å². The van der Waals surface area contributed by atoms with Gasteiger partial charge in [0.05, 0.1) is 37.1 Å². The summed E-state index contributed by atoms with van der Waals surface area (Å²) in [6.45, 7) is 2.98. The van der Waals surface area contributed by atoms with Crippen molar-refractivity contribution in [2.24, 2.45) is 5.92 Å². The number of carbonyl (C=O) groups is 2. The number of hydrogen-bond donors (Lipinski definition) is 0. The van der Waals surface area contributed by atoms with E-state index in [-0.39, 0.29) is 30.3 Å². The Morgan fingerprint density at radius 3 is 2.51 bits per heavy atom. The number of likely N-dealkylation sites (tertiary alicyclic amines) is 1. The van der Waals surface area contributed by atoms with E-state index in [1.165, 1.54) is 12.7 Å². The maximum absolute atomic E-state index is 13.1. The number of carbonyl (C=O) groups excluding carboxylic acids is 2. The number of nitriles is 1. The van der Waals surface area contributed by atoms with Crippen molar-refractivity contribution in [3.05, 3.63) is 89.5 Å². The molecule has 0 spiro atoms. The van der Waals surface area contributed by atoms with Gasteiger partial charge in [-0.2, -0.15) is 5.26 Å². The largest absolute Gasteiger partial charge is 0.491 e. The number of benzene rings is 3. The van der Waals surface area contributed by atoms with Crippen LogP contribution in [0, 0.1) is 24.2 Å². The smallest absolute Gasteiger partial charge is 0.306 e. The van der Waals surface area contributed by atoms with E-state index in [1.54, 1.807) is 0 Å². The number of nitrogens with zero attached hydrogens (tertiary/aromatic N) is 2. The summed E-state index contributed by atoms with van der Waals surface area (Å²) in [6.07, 6.45) is 2.40. The average molecular weight is 497 g/mol. The summed E-state index contributed by atoms with van der Waals surface area (Å²) in [6, 6.07) is 25.8. The maximum Gasteiger partial charge on any atom is 0.306 e. The lowest BCUT2D eigenvalue weighted by molar-refractivity contribution is -0.144. The summed E-state index contributed by atoms with van der Waals surface area (Å²) in [7, 11) is 1.35. The number of methoxy groups -OCH3 is 1. The Morgan fingerprint density at radius 1 is 1.08 bits per heavy atom. The highest BCUT2D eigenvalue weighted by molar-refractivity contribution is 5.86. The summed E-state index contributed by atoms with van der Waals surface area (Å²) < 4.78 is 10.9. The second kappa shape index (κ2) is 12.2. The van der Waals surface area contributed by atoms with E-state index in [4.69, 9.17) is 14.7 Å². The molecule has 0 radical (unpaired) electrons. The molecule has 6 nitrogen and oxygen atoms in total. The highest BCUT2D eigenvalue weighted by Crippen LogP contribution is 2.30. The van der Waals surface area contributed by atoms with E-state index < -0.39 is 0 Å². The molecule has 0 bridgehead atoms. The summed E-state index contributed by atoms with van der Waals surface area (Å²) in [5.74, 6) is -0.0146. The molecule has 190 valence electrons. The zero-order chi connectivity index (χ0) is 26.2. The first kappa shape index (κ1) is 26.0. The SMILES string of the molecule is COC(=O)C[C@@H]1C[C@@H](COc2ccc(-c3ccc(C#N)cc3C)cc2)N(CCCc2ccccc2)C1=O. The average Bonchev–Trinajstić information content (AvgIpc) is 3.22. The first-order valence-corrected chi connectivity index (χ1v) is 12.6. The van der Waals surface area contributed by atoms with Gasteiger partial charge >= 0.3 is 5.97 Å². The number of amides is 1. The lowest BCUT2D eigenvalue weighted by atomic mass is 9.99. The molecule has 1 saturated heterocycles. The molecule has 1 amide bonds. The molecule has 0 unspecified atom stereocenters. The molecule has 1 aliphatic heterocycles. The van der Waals surface area contributed by atoms with Gasteiger partial charge in [-0.15, -0.1) is 0 Å². The monoisotopic (exact) mass is 496 g/mol. The van der Waals surface area contributed by atoms with E-state index in [0.717, 1.165) is 35.3 Å². The normalized spacial score (nSPS) is 16.9. The molecule has 1 fully saturated rings. The molecule has 37 heavy (non-hydrogen) atoms. The molecule has 0 aromatic heterocycles. The van der Waals surface area contributed by atoms with Crippen LogP contribution in [-0.4, -0.2) is 43.1 Å². The zero-order valence-electron chi connectivity index (χ0n) is 21.4. The van der Waals surface area contributed by atoms with Crippen molar-refractivity contribution >= 4 is 11.9 Å². The Morgan fingerprint density at radius 2 is 1.84 bits per heavy atom. The molecular formula is C31H32N2O4. The van der Waals surface area contributed by atoms with Crippen molar-refractivity contribution in [2.75, 3.05) is 20.3 Å². The van der Waals surface area contributed by atoms with E-state index in [9.17, 15) is 9.59 Å². The van der Waals surface area contributed by atoms with E-state index in [0.29, 0.717) is 25.1 Å². The molecule has 4 rings (SSSR count). The number of rotatable bonds is 10. The molecule has 1 heterocycles. The van der Waals surface area contributed by atoms with Gasteiger partial charge in [0.1, 0.15) is 12.4 Å². The van der Waals surface area contributed by atoms with E-state index in [1.807, 2.05) is 72.5 Å². The lowest BCUT2D eigenvalue weighted by Gasteiger charge is -2.25. The molecule has 3 aromatic rings. The Labute approximate surface area is 218 Å². The zero-order valence-corrected chi connectivity index (χ0v) is 21.4. The summed E-state index contributed by atoms with van der Waals surface area (Å²) in [4.78, 5) is 26.9. The highest BCUT2D eigenvalue weighted by atomic mass is 16.5. The predicted octanol–water partition coefficient (Wildman–Crippen LogP) is 5.33. The highest BCUT2D eigenvalue weighted by Gasteiger charge is 2.40. The standard InChI is InChI=1S/C31H32N2O4/c1-22-17-24(20-32)10-15-29(22)25-11-13-28(14-12-25)37-21-27-18-26(19-30(34)36-2)31(35)33(27)16-6-9-23-7-4-3-5-8-23/h3-5,7-8,10-15,17,26-27H,6,9,16,18-19,21H2,1-2H3/t26-,27-/m0/s1. The second-order valence-electron chi connectivity index (χ2n) is 9.46. The van der Waals surface area contributed by atoms with Crippen LogP contribution >= 0.6 is 0 Å². The minimum Gasteiger partial charge on any atom is -0.491 e. The summed E-state index contributed by atoms with van der Waals surface area (Å²) in [5, 5.41) is 9.10. The van der Waals surface area contributed by atoms with Crippen molar-refractivity contribution in [2.45, 2.75) is 38.6 Å². The molecule has 2 atom stereocenters. The van der Waals surface area contributed by atoms with Crippen LogP contribution in [0.5, 0.6) is 5.75 Å². The van der Waals surface area contributed by atoms with Crippen LogP contribution in [0.15, 0.2) is 72.8 Å². The molecule has 3 aromatic carbocycles. The van der Waals surface area contributed by atoms with Crippen LogP contribution in [0.4, 0.5) is 0 Å². The Hall–Kier alpha value is -4.11. The van der Waals surface area contributed by atoms with Crippen LogP contribution in [0.25, 0.3) is 11.1 Å². The lowest BCUT2D eigenvalue weighted by Crippen LogP contribution is -2.38. The van der Waals surface area contributed by atoms with Crippen LogP contribution < -0.4 is 4.74 Å². The molecule has 6 heteroatoms. The third-order valence-electron chi connectivity index (χ3n) is 6.94. The van der Waals surface area contributed by atoms with Gasteiger partial charge in [0.2, 0.25) is 5.91 Å². The number of esters is 1. The maximum atomic E-state index is 13.1. The van der Waals surface area contributed by atoms with Gasteiger partial charge in [0.15, 0.2) is 0 Å². The van der Waals surface area contributed by atoms with Gasteiger partial charge in [-0.3, -0.25) is 9.59 Å². The fourth-order valence-electron chi connectivity index (χ4n) is 4.96. The quantitative estimate of drug-likeness (QED) is 0.355. The molecule has 1 aliphatic rings. The minimum absolute atomic E-state index is 0.00120. The van der Waals surface area contributed by atoms with E-state index >= 15 is 0 Å². The minimum atomic E-state index is -0.375. The van der Waals surface area contributed by atoms with Crippen molar-refractivity contribution in [3.8, 4) is 22.9 Å². The van der Waals surface area contributed by atoms with Crippen molar-refractivity contribution in [1.29, 1.82) is 5.26 Å². The van der Waals surface area contributed by atoms with Crippen LogP contribution in [0.2, 0.25) is 0 Å². The molecule has 0 N–H and O–H groups in total. The van der Waals surface area contributed by atoms with Crippen LogP contribution in [-0.2, 0) is 20.7 Å². The number of ether oxygens (including phenoxy) is 2. The third-order valence-corrected chi connectivity index (χ3v) is 6.94. The Balaban J connectivity index is 1.40. The number of aryl methyl sites for hydroxylation is 2. The predicted molar refractivity (Wildman–Crippen MR) is 142 cm³/mol. The van der Waals surface area contributed by atoms with Gasteiger partial charge in [0.25, 0.3) is 0 Å². The second-order valence-corrected chi connectivity index (χ2v) is 9.46. The van der Waals surface area contributed by atoms with Gasteiger partial charge < -0.3 is 14.4 Å². The van der Waals surface area contributed by atoms with Crippen LogP contribution in [0.3, 0.4) is 0 Å². The van der Waals surface area contributed by atoms with Gasteiger partial charge in [0, 0.05) is 6.54 Å². The first-order valence-electron chi connectivity index (χ1n) is 12.6. The molecule has 0 aliphatic carbocycles. The van der Waals surface area contributed by atoms with Gasteiger partial charge in [-0.05, 0) is 72.7 Å². The third kappa shape index (κ3) is 6.56. The summed E-state index contributed by atoms with van der Waals surface area (Å²) in [5.41, 5.74) is 5.05. The van der Waals surface area contributed by atoms with Crippen molar-refractivity contribution < 1.29 is 19.1 Å². The first-order chi connectivity index (χ1) is 18.0. The van der Waals surface area contributed by atoms with Crippen molar-refractivity contribution in [1.82, 2.24) is 4.90 Å². The number of hydrogen-bond acceptors (Lipinski definition) is 5. The fraction of sp³-hybridized carbons (Fsp3) is 0.323. The van der Waals surface area contributed by atoms with Gasteiger partial charge in [-0.25, -0.2) is 0 Å². The molecule has 0 saturated carbocycles. The molecular weight excluding hydrogens is 464 g/mol. The fourth-order valence-corrected chi connectivity index (χ4v) is 4.96.